The molecule has 3 heteroatoms. The highest BCUT2D eigenvalue weighted by Gasteiger charge is 2.37. The summed E-state index contributed by atoms with van der Waals surface area (Å²) in [6, 6.07) is 3.44. The van der Waals surface area contributed by atoms with Crippen molar-refractivity contribution >= 4 is 6.08 Å². The van der Waals surface area contributed by atoms with E-state index < -0.39 is 0 Å². The number of aryl methyl sites for hydroxylation is 1. The molecule has 2 bridgehead atoms. The van der Waals surface area contributed by atoms with Crippen LogP contribution < -0.4 is 5.32 Å². The molecule has 15 heavy (non-hydrogen) atoms. The van der Waals surface area contributed by atoms with E-state index in [1.807, 2.05) is 13.0 Å². The molecular formula is C12H16N2O. The Balaban J connectivity index is 1.68. The number of rotatable bonds is 2. The van der Waals surface area contributed by atoms with Crippen LogP contribution in [0.25, 0.3) is 6.08 Å². The third-order valence-electron chi connectivity index (χ3n) is 3.50. The largest absolute Gasteiger partial charge is 0.357 e. The quantitative estimate of drug-likeness (QED) is 0.802. The zero-order chi connectivity index (χ0) is 10.3. The molecule has 3 atom stereocenters. The number of hydrogen-bond acceptors (Lipinski definition) is 3. The lowest BCUT2D eigenvalue weighted by Crippen LogP contribution is -2.21. The summed E-state index contributed by atoms with van der Waals surface area (Å²) in [5.74, 6) is 1.56. The highest BCUT2D eigenvalue weighted by atomic mass is 16.5. The van der Waals surface area contributed by atoms with Gasteiger partial charge in [0.2, 0.25) is 0 Å². The first-order chi connectivity index (χ1) is 7.31. The van der Waals surface area contributed by atoms with Crippen molar-refractivity contribution in [2.75, 3.05) is 0 Å². The van der Waals surface area contributed by atoms with Crippen LogP contribution in [0.5, 0.6) is 0 Å². The van der Waals surface area contributed by atoms with E-state index in [0.29, 0.717) is 12.0 Å². The fourth-order valence-corrected chi connectivity index (χ4v) is 2.76. The van der Waals surface area contributed by atoms with Crippen molar-refractivity contribution in [3.05, 3.63) is 23.6 Å². The Morgan fingerprint density at radius 1 is 1.53 bits per heavy atom. The SMILES string of the molecule is Cc1cc(C=CC2CC3CCC2N3)on1. The van der Waals surface area contributed by atoms with Gasteiger partial charge in [-0.25, -0.2) is 0 Å². The minimum Gasteiger partial charge on any atom is -0.357 e. The molecule has 1 aromatic heterocycles. The molecule has 3 unspecified atom stereocenters. The third kappa shape index (κ3) is 1.72. The van der Waals surface area contributed by atoms with Crippen LogP contribution in [0.4, 0.5) is 0 Å². The van der Waals surface area contributed by atoms with Gasteiger partial charge in [-0.15, -0.1) is 0 Å². The monoisotopic (exact) mass is 204 g/mol. The van der Waals surface area contributed by atoms with Gasteiger partial charge >= 0.3 is 0 Å². The molecule has 1 N–H and O–H groups in total. The first kappa shape index (κ1) is 9.16. The Hall–Kier alpha value is -1.09. The molecule has 3 rings (SSSR count). The van der Waals surface area contributed by atoms with Crippen molar-refractivity contribution in [3.8, 4) is 0 Å². The van der Waals surface area contributed by atoms with Crippen LogP contribution in [0.2, 0.25) is 0 Å². The van der Waals surface area contributed by atoms with E-state index in [9.17, 15) is 0 Å². The summed E-state index contributed by atoms with van der Waals surface area (Å²) >= 11 is 0. The molecule has 0 radical (unpaired) electrons. The van der Waals surface area contributed by atoms with E-state index in [1.165, 1.54) is 19.3 Å². The second-order valence-corrected chi connectivity index (χ2v) is 4.68. The summed E-state index contributed by atoms with van der Waals surface area (Å²) in [6.45, 7) is 1.94. The Bertz CT molecular complexity index is 383. The Morgan fingerprint density at radius 2 is 2.47 bits per heavy atom. The average molecular weight is 204 g/mol. The Morgan fingerprint density at radius 3 is 3.07 bits per heavy atom. The van der Waals surface area contributed by atoms with Gasteiger partial charge < -0.3 is 9.84 Å². The summed E-state index contributed by atoms with van der Waals surface area (Å²) in [6.07, 6.45) is 8.31. The maximum atomic E-state index is 5.15. The smallest absolute Gasteiger partial charge is 0.159 e. The average Bonchev–Trinajstić information content (AvgIpc) is 2.90. The van der Waals surface area contributed by atoms with Crippen molar-refractivity contribution < 1.29 is 4.52 Å². The second kappa shape index (κ2) is 3.49. The highest BCUT2D eigenvalue weighted by molar-refractivity contribution is 5.43. The van der Waals surface area contributed by atoms with Crippen LogP contribution in [-0.2, 0) is 0 Å². The maximum Gasteiger partial charge on any atom is 0.159 e. The van der Waals surface area contributed by atoms with E-state index in [4.69, 9.17) is 4.52 Å². The van der Waals surface area contributed by atoms with Gasteiger partial charge in [-0.1, -0.05) is 11.2 Å². The van der Waals surface area contributed by atoms with Gasteiger partial charge in [0.15, 0.2) is 5.76 Å². The van der Waals surface area contributed by atoms with Gasteiger partial charge in [-0.05, 0) is 38.2 Å². The lowest BCUT2D eigenvalue weighted by molar-refractivity contribution is 0.407. The summed E-state index contributed by atoms with van der Waals surface area (Å²) in [4.78, 5) is 0. The molecule has 2 saturated heterocycles. The molecule has 80 valence electrons. The topological polar surface area (TPSA) is 38.1 Å². The fraction of sp³-hybridized carbons (Fsp3) is 0.583. The molecule has 3 nitrogen and oxygen atoms in total. The van der Waals surface area contributed by atoms with Crippen LogP contribution in [0.15, 0.2) is 16.7 Å². The number of nitrogens with one attached hydrogen (secondary N) is 1. The molecule has 2 aliphatic rings. The minimum absolute atomic E-state index is 0.689. The van der Waals surface area contributed by atoms with Crippen molar-refractivity contribution in [1.29, 1.82) is 0 Å². The van der Waals surface area contributed by atoms with Crippen LogP contribution in [0, 0.1) is 12.8 Å². The van der Waals surface area contributed by atoms with Crippen molar-refractivity contribution in [2.45, 2.75) is 38.3 Å². The van der Waals surface area contributed by atoms with Gasteiger partial charge in [0.1, 0.15) is 0 Å². The van der Waals surface area contributed by atoms with Crippen molar-refractivity contribution in [2.24, 2.45) is 5.92 Å². The summed E-state index contributed by atoms with van der Waals surface area (Å²) in [5.41, 5.74) is 0.945. The molecule has 0 aromatic carbocycles. The van der Waals surface area contributed by atoms with E-state index in [-0.39, 0.29) is 0 Å². The summed E-state index contributed by atoms with van der Waals surface area (Å²) < 4.78 is 5.15. The third-order valence-corrected chi connectivity index (χ3v) is 3.50. The first-order valence-corrected chi connectivity index (χ1v) is 5.69. The van der Waals surface area contributed by atoms with Gasteiger partial charge in [0.25, 0.3) is 0 Å². The predicted molar refractivity (Wildman–Crippen MR) is 58.3 cm³/mol. The number of fused-ring (bicyclic) bond motifs is 2. The van der Waals surface area contributed by atoms with Crippen LogP contribution >= 0.6 is 0 Å². The summed E-state index contributed by atoms with van der Waals surface area (Å²) in [7, 11) is 0. The maximum absolute atomic E-state index is 5.15. The standard InChI is InChI=1S/C12H16N2O/c1-8-6-11(15-14-8)4-2-9-7-10-3-5-12(9)13-10/h2,4,6,9-10,12-13H,3,5,7H2,1H3. The van der Waals surface area contributed by atoms with E-state index in [2.05, 4.69) is 22.6 Å². The Kier molecular flexibility index (Phi) is 2.13. The zero-order valence-electron chi connectivity index (χ0n) is 8.94. The molecule has 3 heterocycles. The first-order valence-electron chi connectivity index (χ1n) is 5.69. The van der Waals surface area contributed by atoms with Gasteiger partial charge in [-0.3, -0.25) is 0 Å². The van der Waals surface area contributed by atoms with Gasteiger partial charge in [0.05, 0.1) is 5.69 Å². The molecule has 0 aliphatic carbocycles. The lowest BCUT2D eigenvalue weighted by Gasteiger charge is -2.15. The van der Waals surface area contributed by atoms with Gasteiger partial charge in [-0.2, -0.15) is 0 Å². The molecule has 0 amide bonds. The molecular weight excluding hydrogens is 188 g/mol. The molecule has 0 spiro atoms. The van der Waals surface area contributed by atoms with Gasteiger partial charge in [0, 0.05) is 18.2 Å². The molecule has 2 fully saturated rings. The predicted octanol–water partition coefficient (Wildman–Crippen LogP) is 2.14. The number of hydrogen-bond donors (Lipinski definition) is 1. The highest BCUT2D eigenvalue weighted by Crippen LogP contribution is 2.34. The van der Waals surface area contributed by atoms with Crippen LogP contribution in [-0.4, -0.2) is 17.2 Å². The van der Waals surface area contributed by atoms with Crippen LogP contribution in [0.3, 0.4) is 0 Å². The van der Waals surface area contributed by atoms with E-state index in [0.717, 1.165) is 17.5 Å². The van der Waals surface area contributed by atoms with E-state index >= 15 is 0 Å². The minimum atomic E-state index is 0.689. The number of aromatic nitrogens is 1. The summed E-state index contributed by atoms with van der Waals surface area (Å²) in [5, 5.41) is 7.49. The van der Waals surface area contributed by atoms with Crippen molar-refractivity contribution in [1.82, 2.24) is 10.5 Å². The second-order valence-electron chi connectivity index (χ2n) is 4.68. The Labute approximate surface area is 89.5 Å². The normalized spacial score (nSPS) is 34.3. The van der Waals surface area contributed by atoms with Crippen LogP contribution in [0.1, 0.15) is 30.7 Å². The lowest BCUT2D eigenvalue weighted by atomic mass is 9.89. The van der Waals surface area contributed by atoms with E-state index in [1.54, 1.807) is 0 Å². The molecule has 2 aliphatic heterocycles. The molecule has 0 saturated carbocycles. The molecule has 1 aromatic rings. The number of nitrogens with zero attached hydrogens (tertiary/aromatic N) is 1. The zero-order valence-corrected chi connectivity index (χ0v) is 8.94. The fourth-order valence-electron chi connectivity index (χ4n) is 2.76. The van der Waals surface area contributed by atoms with Crippen molar-refractivity contribution in [3.63, 3.8) is 0 Å².